The fourth-order valence-corrected chi connectivity index (χ4v) is 9.90. The Kier molecular flexibility index (Phi) is 9.18. The van der Waals surface area contributed by atoms with Crippen molar-refractivity contribution in [3.05, 3.63) is 272 Å². The maximum atomic E-state index is 10.3. The number of para-hydroxylation sites is 2. The van der Waals surface area contributed by atoms with Crippen molar-refractivity contribution in [1.82, 2.24) is 14.1 Å². The summed E-state index contributed by atoms with van der Waals surface area (Å²) in [6.07, 6.45) is 5.33. The first-order valence-corrected chi connectivity index (χ1v) is 25.6. The van der Waals surface area contributed by atoms with E-state index in [1.54, 1.807) is 69.9 Å². The predicted octanol–water partition coefficient (Wildman–Crippen LogP) is 18.5. The van der Waals surface area contributed by atoms with Crippen LogP contribution in [0.5, 0.6) is 11.5 Å². The summed E-state index contributed by atoms with van der Waals surface area (Å²) in [7, 11) is 0. The number of benzene rings is 10. The molecule has 80 heavy (non-hydrogen) atoms. The van der Waals surface area contributed by atoms with Crippen LogP contribution in [0, 0.1) is 18.5 Å². The van der Waals surface area contributed by atoms with E-state index in [4.69, 9.17) is 24.8 Å². The van der Waals surface area contributed by atoms with Crippen molar-refractivity contribution in [3.8, 4) is 84.3 Å². The number of nitrogens with zero attached hydrogens (tertiary/aromatic N) is 4. The third-order valence-corrected chi connectivity index (χ3v) is 13.9. The quantitative estimate of drug-likeness (QED) is 0.101. The van der Waals surface area contributed by atoms with Gasteiger partial charge in [0.25, 0.3) is 6.33 Å². The number of hydrogen-bond acceptors (Lipinski definition) is 2. The molecule has 3 aromatic heterocycles. The third kappa shape index (κ3) is 9.88. The normalized spacial score (nSPS) is 14.9. The summed E-state index contributed by atoms with van der Waals surface area (Å²) in [5.74, 6) is 1.24. The van der Waals surface area contributed by atoms with E-state index in [0.717, 1.165) is 27.4 Å². The van der Waals surface area contributed by atoms with Gasteiger partial charge in [-0.05, 0) is 131 Å². The molecule has 3 heterocycles. The van der Waals surface area contributed by atoms with Crippen molar-refractivity contribution in [2.45, 2.75) is 52.4 Å². The van der Waals surface area contributed by atoms with Crippen molar-refractivity contribution < 1.29 is 55.0 Å². The summed E-state index contributed by atoms with van der Waals surface area (Å²) < 4.78 is 176. The van der Waals surface area contributed by atoms with Crippen LogP contribution in [0.2, 0.25) is 0 Å². The van der Waals surface area contributed by atoms with Gasteiger partial charge in [-0.1, -0.05) is 210 Å². The largest absolute Gasteiger partial charge is 0.510 e. The van der Waals surface area contributed by atoms with Gasteiger partial charge >= 0.3 is 0 Å². The molecule has 0 saturated heterocycles. The van der Waals surface area contributed by atoms with Crippen LogP contribution in [0.25, 0.3) is 106 Å². The average molecular weight is 1230 g/mol. The number of rotatable bonds is 10. The summed E-state index contributed by atoms with van der Waals surface area (Å²) >= 11 is 0. The van der Waals surface area contributed by atoms with Gasteiger partial charge < -0.3 is 13.9 Å². The van der Waals surface area contributed by atoms with Crippen LogP contribution < -0.4 is 9.30 Å². The minimum absolute atomic E-state index is 0. The first-order valence-electron chi connectivity index (χ1n) is 34.6. The van der Waals surface area contributed by atoms with Crippen LogP contribution in [0.3, 0.4) is 0 Å². The topological polar surface area (TPSA) is 35.9 Å². The van der Waals surface area contributed by atoms with Crippen molar-refractivity contribution in [2.24, 2.45) is 0 Å². The van der Waals surface area contributed by atoms with E-state index >= 15 is 0 Å². The second-order valence-electron chi connectivity index (χ2n) is 21.1. The molecule has 0 amide bonds. The Balaban J connectivity index is 0.00000914. The van der Waals surface area contributed by atoms with Crippen LogP contribution in [-0.2, 0) is 31.9 Å². The van der Waals surface area contributed by atoms with E-state index in [2.05, 4.69) is 45.3 Å². The first-order chi connectivity index (χ1) is 45.9. The van der Waals surface area contributed by atoms with Crippen molar-refractivity contribution in [3.63, 3.8) is 0 Å². The Labute approximate surface area is 508 Å². The van der Waals surface area contributed by atoms with Crippen LogP contribution >= 0.6 is 0 Å². The number of ether oxygens (including phenoxy) is 1. The van der Waals surface area contributed by atoms with Gasteiger partial charge in [-0.2, -0.15) is 18.2 Å². The van der Waals surface area contributed by atoms with E-state index in [1.807, 2.05) is 92.1 Å². The summed E-state index contributed by atoms with van der Waals surface area (Å²) in [6, 6.07) is 32.8. The van der Waals surface area contributed by atoms with Crippen molar-refractivity contribution in [2.75, 3.05) is 0 Å². The summed E-state index contributed by atoms with van der Waals surface area (Å²) in [6.45, 7) is 12.6. The van der Waals surface area contributed by atoms with Gasteiger partial charge in [0.15, 0.2) is 0 Å². The molecule has 10 aromatic carbocycles. The molecule has 0 radical (unpaired) electrons. The van der Waals surface area contributed by atoms with Gasteiger partial charge in [0.1, 0.15) is 5.82 Å². The molecular formula is C74H58N4OPt-2. The monoisotopic (exact) mass is 1230 g/mol. The van der Waals surface area contributed by atoms with E-state index in [0.29, 0.717) is 44.9 Å². The van der Waals surface area contributed by atoms with Gasteiger partial charge in [-0.3, -0.25) is 4.57 Å². The van der Waals surface area contributed by atoms with Gasteiger partial charge in [-0.15, -0.1) is 29.7 Å². The van der Waals surface area contributed by atoms with E-state index in [9.17, 15) is 9.60 Å². The zero-order valence-corrected chi connectivity index (χ0v) is 46.5. The molecule has 392 valence electrons. The van der Waals surface area contributed by atoms with Crippen molar-refractivity contribution >= 4 is 32.8 Å². The minimum Gasteiger partial charge on any atom is -0.510 e. The summed E-state index contributed by atoms with van der Waals surface area (Å²) in [5, 5.41) is 1.88. The number of hydrogen-bond donors (Lipinski definition) is 0. The number of aromatic nitrogens is 4. The zero-order chi connectivity index (χ0) is 69.5. The van der Waals surface area contributed by atoms with Gasteiger partial charge in [-0.25, -0.2) is 4.98 Å². The Morgan fingerprint density at radius 3 is 1.77 bits per heavy atom. The molecule has 5 nitrogen and oxygen atoms in total. The van der Waals surface area contributed by atoms with Crippen LogP contribution in [-0.4, -0.2) is 14.1 Å². The Hall–Kier alpha value is -8.89. The molecule has 0 spiro atoms. The second kappa shape index (κ2) is 21.1. The summed E-state index contributed by atoms with van der Waals surface area (Å²) in [5.41, 5.74) is 2.62. The average Bonchev–Trinajstić information content (AvgIpc) is 1.12. The summed E-state index contributed by atoms with van der Waals surface area (Å²) in [4.78, 5) is 4.83. The van der Waals surface area contributed by atoms with Gasteiger partial charge in [0.05, 0.1) is 41.4 Å². The SMILES string of the molecule is [2H]c1c([2H])c([2H])c(-c2ccc3c(c2)n(-c2[c-]c(Oc4[c-]c5c(cc4)c4ccccc4n5-c4cc(C(C)(C)C)ccn4)ccc2)[c-][n+]3-c2c(-c3cccc(C(C)(C)C)c3)cccc2-c2c([2H])c(-c3c([2H])c([2H])c([2H])c([2H])c3[2H])c([2H])c(-c3c([2H])c([2H])c([2H])c([2H])c3[2H])c2[2H])c([2H])c1[2H].[Pt]. The second-order valence-corrected chi connectivity index (χ2v) is 21.1. The Morgan fingerprint density at radius 2 is 1.09 bits per heavy atom. The Morgan fingerprint density at radius 1 is 0.487 bits per heavy atom. The maximum Gasteiger partial charge on any atom is 0.268 e. The van der Waals surface area contributed by atoms with Crippen molar-refractivity contribution in [1.29, 1.82) is 0 Å². The number of pyridine rings is 1. The molecule has 0 aliphatic heterocycles. The predicted molar refractivity (Wildman–Crippen MR) is 325 cm³/mol. The molecule has 0 N–H and O–H groups in total. The maximum absolute atomic E-state index is 10.3. The molecule has 0 bridgehead atoms. The zero-order valence-electron chi connectivity index (χ0n) is 62.2. The molecule has 0 aliphatic rings. The molecule has 13 aromatic rings. The molecule has 6 heteroatoms. The van der Waals surface area contributed by atoms with Crippen LogP contribution in [0.4, 0.5) is 0 Å². The molecule has 0 unspecified atom stereocenters. The van der Waals surface area contributed by atoms with E-state index in [-0.39, 0.29) is 60.2 Å². The molecular weight excluding hydrogens is 1160 g/mol. The van der Waals surface area contributed by atoms with Gasteiger partial charge in [0, 0.05) is 44.3 Å². The molecule has 0 atom stereocenters. The van der Waals surface area contributed by atoms with Gasteiger partial charge in [0.2, 0.25) is 0 Å². The van der Waals surface area contributed by atoms with Crippen LogP contribution in [0.1, 0.15) is 77.3 Å². The fourth-order valence-electron chi connectivity index (χ4n) is 9.90. The minimum atomic E-state index is -0.817. The Bertz CT molecular complexity index is 5350. The smallest absolute Gasteiger partial charge is 0.268 e. The standard InChI is InChI=1S/C74H58N4O.Pt/c1-73(2,3)58-28-18-27-54(44-58)63-32-20-33-64(57-42-55(51-23-12-8-13-24-51)41-56(43-57)52-25-14-9-15-26-52)72(63)77-49-76(70-45-53(35-38-68(70)77)50-21-10-7-11-22-50)60-29-19-30-61(47-60)79-62-36-37-66-65-31-16-17-34-67(65)78(69(66)48-62)71-46-59(39-40-75-71)74(4,5)6;/h7-46H,1-6H3;/q-2;/i7D,8D,9D,10D,11D,12D,13D,14D,15D,21D,22D,23D,24D,25D,26D,41D,42D,43D;. The molecule has 0 fully saturated rings. The molecule has 13 rings (SSSR count). The first kappa shape index (κ1) is 34.9. The fraction of sp³-hybridized carbons (Fsp3) is 0.108. The number of imidazole rings is 1. The molecule has 0 saturated carbocycles. The van der Waals surface area contributed by atoms with Crippen LogP contribution in [0.15, 0.2) is 242 Å². The third-order valence-electron chi connectivity index (χ3n) is 13.9. The van der Waals surface area contributed by atoms with E-state index in [1.165, 1.54) is 0 Å². The number of fused-ring (bicyclic) bond motifs is 4. The van der Waals surface area contributed by atoms with E-state index < -0.39 is 136 Å². The molecule has 0 aliphatic carbocycles.